The van der Waals surface area contributed by atoms with Crippen molar-refractivity contribution in [2.75, 3.05) is 6.61 Å². The molecule has 1 atom stereocenters. The second-order valence-corrected chi connectivity index (χ2v) is 6.11. The summed E-state index contributed by atoms with van der Waals surface area (Å²) in [7, 11) is 0. The first kappa shape index (κ1) is 19.4. The van der Waals surface area contributed by atoms with Gasteiger partial charge in [0.2, 0.25) is 0 Å². The largest absolute Gasteiger partial charge is 0.452 e. The van der Waals surface area contributed by atoms with Gasteiger partial charge in [-0.25, -0.2) is 4.79 Å². The van der Waals surface area contributed by atoms with E-state index in [1.165, 1.54) is 12.1 Å². The van der Waals surface area contributed by atoms with Gasteiger partial charge < -0.3 is 10.1 Å². The van der Waals surface area contributed by atoms with Gasteiger partial charge in [0.05, 0.1) is 5.56 Å². The molecule has 5 nitrogen and oxygen atoms in total. The number of amides is 1. The number of hydrogen-bond donors (Lipinski definition) is 1. The van der Waals surface area contributed by atoms with Crippen LogP contribution in [0.5, 0.6) is 0 Å². The van der Waals surface area contributed by atoms with Gasteiger partial charge in [0, 0.05) is 17.2 Å². The van der Waals surface area contributed by atoms with E-state index in [1.807, 2.05) is 19.9 Å². The van der Waals surface area contributed by atoms with Crippen LogP contribution in [0.3, 0.4) is 0 Å². The molecular weight excluding hydrogens is 330 g/mol. The zero-order valence-electron chi connectivity index (χ0n) is 15.0. The Hall–Kier alpha value is -2.95. The lowest BCUT2D eigenvalue weighted by Gasteiger charge is -2.12. The van der Waals surface area contributed by atoms with Crippen LogP contribution in [0.1, 0.15) is 53.0 Å². The van der Waals surface area contributed by atoms with Gasteiger partial charge in [0.25, 0.3) is 5.91 Å². The van der Waals surface area contributed by atoms with Gasteiger partial charge in [-0.05, 0) is 25.5 Å². The predicted molar refractivity (Wildman–Crippen MR) is 99.1 cm³/mol. The standard InChI is InChI=1S/C21H23NO4/c1-3-7-15(2)22-19(23)14-26-21(25)18-12-10-17(11-13-18)20(24)16-8-5-4-6-9-16/h4-6,8-13,15H,3,7,14H2,1-2H3,(H,22,23)/t15-/m0/s1. The SMILES string of the molecule is CCC[C@H](C)NC(=O)COC(=O)c1ccc(C(=O)c2ccccc2)cc1. The van der Waals surface area contributed by atoms with Crippen molar-refractivity contribution in [3.05, 3.63) is 71.3 Å². The van der Waals surface area contributed by atoms with E-state index >= 15 is 0 Å². The van der Waals surface area contributed by atoms with Gasteiger partial charge in [-0.1, -0.05) is 55.8 Å². The van der Waals surface area contributed by atoms with E-state index in [0.717, 1.165) is 12.8 Å². The van der Waals surface area contributed by atoms with Crippen LogP contribution in [0.4, 0.5) is 0 Å². The molecule has 0 bridgehead atoms. The van der Waals surface area contributed by atoms with Gasteiger partial charge in [0.1, 0.15) is 0 Å². The molecular formula is C21H23NO4. The van der Waals surface area contributed by atoms with Crippen molar-refractivity contribution in [3.63, 3.8) is 0 Å². The molecule has 0 fully saturated rings. The Morgan fingerprint density at radius 3 is 2.12 bits per heavy atom. The molecule has 0 aliphatic rings. The van der Waals surface area contributed by atoms with E-state index in [-0.39, 0.29) is 24.3 Å². The molecule has 0 saturated heterocycles. The molecule has 1 N–H and O–H groups in total. The number of esters is 1. The molecule has 0 heterocycles. The van der Waals surface area contributed by atoms with E-state index < -0.39 is 5.97 Å². The summed E-state index contributed by atoms with van der Waals surface area (Å²) in [5, 5.41) is 2.77. The van der Waals surface area contributed by atoms with E-state index in [4.69, 9.17) is 4.74 Å². The summed E-state index contributed by atoms with van der Waals surface area (Å²) in [6.45, 7) is 3.62. The molecule has 2 aromatic rings. The number of carbonyl (C=O) groups is 3. The maximum atomic E-state index is 12.3. The molecule has 26 heavy (non-hydrogen) atoms. The van der Waals surface area contributed by atoms with Crippen LogP contribution in [0.15, 0.2) is 54.6 Å². The van der Waals surface area contributed by atoms with Crippen LogP contribution >= 0.6 is 0 Å². The number of ether oxygens (including phenoxy) is 1. The Kier molecular flexibility index (Phi) is 7.09. The van der Waals surface area contributed by atoms with Gasteiger partial charge >= 0.3 is 5.97 Å². The number of rotatable bonds is 8. The van der Waals surface area contributed by atoms with Crippen LogP contribution in [-0.4, -0.2) is 30.3 Å². The Bertz CT molecular complexity index is 753. The summed E-state index contributed by atoms with van der Waals surface area (Å²) in [6, 6.07) is 15.2. The minimum Gasteiger partial charge on any atom is -0.452 e. The number of ketones is 1. The van der Waals surface area contributed by atoms with E-state index in [0.29, 0.717) is 16.7 Å². The second kappa shape index (κ2) is 9.51. The monoisotopic (exact) mass is 353 g/mol. The summed E-state index contributed by atoms with van der Waals surface area (Å²) in [5.41, 5.74) is 1.36. The fourth-order valence-corrected chi connectivity index (χ4v) is 2.55. The first-order valence-corrected chi connectivity index (χ1v) is 8.67. The highest BCUT2D eigenvalue weighted by molar-refractivity contribution is 6.09. The number of hydrogen-bond acceptors (Lipinski definition) is 4. The van der Waals surface area contributed by atoms with Crippen LogP contribution in [0, 0.1) is 0 Å². The van der Waals surface area contributed by atoms with Crippen molar-refractivity contribution in [1.82, 2.24) is 5.32 Å². The zero-order valence-corrected chi connectivity index (χ0v) is 15.0. The zero-order chi connectivity index (χ0) is 18.9. The average Bonchev–Trinajstić information content (AvgIpc) is 2.66. The highest BCUT2D eigenvalue weighted by Gasteiger charge is 2.13. The third-order valence-corrected chi connectivity index (χ3v) is 3.88. The van der Waals surface area contributed by atoms with Crippen LogP contribution in [0.2, 0.25) is 0 Å². The molecule has 5 heteroatoms. The molecule has 0 aliphatic heterocycles. The Labute approximate surface area is 153 Å². The Morgan fingerprint density at radius 1 is 0.923 bits per heavy atom. The van der Waals surface area contributed by atoms with Crippen molar-refractivity contribution in [3.8, 4) is 0 Å². The van der Waals surface area contributed by atoms with Crippen molar-refractivity contribution in [1.29, 1.82) is 0 Å². The van der Waals surface area contributed by atoms with Crippen molar-refractivity contribution >= 4 is 17.7 Å². The second-order valence-electron chi connectivity index (χ2n) is 6.11. The Balaban J connectivity index is 1.90. The van der Waals surface area contributed by atoms with Crippen molar-refractivity contribution < 1.29 is 19.1 Å². The first-order chi connectivity index (χ1) is 12.5. The van der Waals surface area contributed by atoms with Crippen molar-refractivity contribution in [2.24, 2.45) is 0 Å². The smallest absolute Gasteiger partial charge is 0.338 e. The normalized spacial score (nSPS) is 11.5. The maximum absolute atomic E-state index is 12.3. The number of carbonyl (C=O) groups excluding carboxylic acids is 3. The lowest BCUT2D eigenvalue weighted by molar-refractivity contribution is -0.124. The quantitative estimate of drug-likeness (QED) is 0.583. The van der Waals surface area contributed by atoms with Gasteiger partial charge in [-0.15, -0.1) is 0 Å². The molecule has 0 aromatic heterocycles. The van der Waals surface area contributed by atoms with Crippen LogP contribution in [0.25, 0.3) is 0 Å². The highest BCUT2D eigenvalue weighted by Crippen LogP contribution is 2.12. The molecule has 0 saturated carbocycles. The molecule has 1 amide bonds. The lowest BCUT2D eigenvalue weighted by Crippen LogP contribution is -2.35. The summed E-state index contributed by atoms with van der Waals surface area (Å²) in [5.74, 6) is -1.04. The molecule has 0 unspecified atom stereocenters. The third-order valence-electron chi connectivity index (χ3n) is 3.88. The molecule has 0 spiro atoms. The molecule has 0 aliphatic carbocycles. The molecule has 136 valence electrons. The Morgan fingerprint density at radius 2 is 1.50 bits per heavy atom. The van der Waals surface area contributed by atoms with Crippen LogP contribution in [-0.2, 0) is 9.53 Å². The predicted octanol–water partition coefficient (Wildman–Crippen LogP) is 3.38. The highest BCUT2D eigenvalue weighted by atomic mass is 16.5. The summed E-state index contributed by atoms with van der Waals surface area (Å²) in [4.78, 5) is 36.1. The fraction of sp³-hybridized carbons (Fsp3) is 0.286. The third kappa shape index (κ3) is 5.55. The van der Waals surface area contributed by atoms with E-state index in [9.17, 15) is 14.4 Å². The summed E-state index contributed by atoms with van der Waals surface area (Å²) in [6.07, 6.45) is 1.84. The molecule has 2 aromatic carbocycles. The van der Waals surface area contributed by atoms with Gasteiger partial charge in [0.15, 0.2) is 12.4 Å². The van der Waals surface area contributed by atoms with E-state index in [1.54, 1.807) is 36.4 Å². The van der Waals surface area contributed by atoms with Crippen molar-refractivity contribution in [2.45, 2.75) is 32.7 Å². The topological polar surface area (TPSA) is 72.5 Å². The minimum atomic E-state index is -0.595. The minimum absolute atomic E-state index is 0.0504. The van der Waals surface area contributed by atoms with Gasteiger partial charge in [-0.2, -0.15) is 0 Å². The molecule has 2 rings (SSSR count). The first-order valence-electron chi connectivity index (χ1n) is 8.67. The summed E-state index contributed by atoms with van der Waals surface area (Å²) >= 11 is 0. The number of benzene rings is 2. The average molecular weight is 353 g/mol. The fourth-order valence-electron chi connectivity index (χ4n) is 2.55. The maximum Gasteiger partial charge on any atom is 0.338 e. The van der Waals surface area contributed by atoms with E-state index in [2.05, 4.69) is 5.32 Å². The number of nitrogens with one attached hydrogen (secondary N) is 1. The van der Waals surface area contributed by atoms with Gasteiger partial charge in [-0.3, -0.25) is 9.59 Å². The van der Waals surface area contributed by atoms with Crippen LogP contribution < -0.4 is 5.32 Å². The molecule has 0 radical (unpaired) electrons. The summed E-state index contributed by atoms with van der Waals surface area (Å²) < 4.78 is 5.02. The lowest BCUT2D eigenvalue weighted by atomic mass is 10.0.